The van der Waals surface area contributed by atoms with Gasteiger partial charge in [0.2, 0.25) is 0 Å². The highest BCUT2D eigenvalue weighted by Crippen LogP contribution is 2.40. The van der Waals surface area contributed by atoms with Crippen molar-refractivity contribution < 1.29 is 14.3 Å². The van der Waals surface area contributed by atoms with E-state index in [0.717, 1.165) is 48.2 Å². The number of nitrogens with zero attached hydrogens (tertiary/aromatic N) is 1. The predicted molar refractivity (Wildman–Crippen MR) is 130 cm³/mol. The van der Waals surface area contributed by atoms with Gasteiger partial charge >= 0.3 is 0 Å². The maximum absolute atomic E-state index is 13.0. The van der Waals surface area contributed by atoms with Gasteiger partial charge in [0.15, 0.2) is 22.4 Å². The van der Waals surface area contributed by atoms with Crippen molar-refractivity contribution in [1.29, 1.82) is 0 Å². The minimum absolute atomic E-state index is 0.199. The second-order valence-corrected chi connectivity index (χ2v) is 8.74. The molecule has 0 saturated carbocycles. The van der Waals surface area contributed by atoms with Gasteiger partial charge in [0.25, 0.3) is 0 Å². The number of hydrogen-bond acceptors (Lipinski definition) is 4. The maximum atomic E-state index is 13.0. The molecule has 1 aliphatic heterocycles. The van der Waals surface area contributed by atoms with E-state index in [2.05, 4.69) is 48.3 Å². The van der Waals surface area contributed by atoms with Crippen LogP contribution < -0.4 is 14.8 Å². The second-order valence-electron chi connectivity index (χ2n) is 8.36. The molecule has 0 saturated heterocycles. The van der Waals surface area contributed by atoms with Crippen LogP contribution in [0.25, 0.3) is 0 Å². The normalized spacial score (nSPS) is 18.3. The zero-order valence-electron chi connectivity index (χ0n) is 18.9. The van der Waals surface area contributed by atoms with E-state index in [1.807, 2.05) is 18.2 Å². The Hall–Kier alpha value is -2.86. The van der Waals surface area contributed by atoms with E-state index in [1.165, 1.54) is 5.56 Å². The fraction of sp³-hybridized carbons (Fsp3) is 0.385. The van der Waals surface area contributed by atoms with E-state index in [9.17, 15) is 4.79 Å². The summed E-state index contributed by atoms with van der Waals surface area (Å²) in [5, 5.41) is 4.11. The molecular weight excluding hydrogens is 420 g/mol. The van der Waals surface area contributed by atoms with Gasteiger partial charge in [0.1, 0.15) is 6.61 Å². The van der Waals surface area contributed by atoms with Crippen LogP contribution in [0.1, 0.15) is 55.3 Å². The fourth-order valence-corrected chi connectivity index (χ4v) is 4.71. The molecule has 2 aliphatic rings. The Balaban J connectivity index is 1.67. The van der Waals surface area contributed by atoms with Crippen LogP contribution in [0.15, 0.2) is 53.7 Å². The SMILES string of the molecule is CCCN1C(=S)NC(c2ccc(OC)c(OCc3ccc(C)cc3)c2)C2=C1CCCC2=O. The topological polar surface area (TPSA) is 50.8 Å². The summed E-state index contributed by atoms with van der Waals surface area (Å²) in [6.07, 6.45) is 3.31. The molecule has 0 fully saturated rings. The Morgan fingerprint density at radius 3 is 2.62 bits per heavy atom. The second kappa shape index (κ2) is 9.74. The van der Waals surface area contributed by atoms with Crippen molar-refractivity contribution in [2.45, 2.75) is 52.2 Å². The molecule has 32 heavy (non-hydrogen) atoms. The van der Waals surface area contributed by atoms with Gasteiger partial charge in [-0.1, -0.05) is 42.8 Å². The number of benzene rings is 2. The molecule has 0 bridgehead atoms. The van der Waals surface area contributed by atoms with Crippen molar-refractivity contribution in [3.05, 3.63) is 70.4 Å². The molecule has 0 amide bonds. The molecule has 0 spiro atoms. The third kappa shape index (κ3) is 4.51. The number of rotatable bonds is 7. The standard InChI is InChI=1S/C26H30N2O3S/c1-4-14-28-20-6-5-7-21(29)24(20)25(27-26(28)32)19-12-13-22(30-3)23(15-19)31-16-18-10-8-17(2)9-11-18/h8-13,15,25H,4-7,14,16H2,1-3H3,(H,27,32). The fourth-order valence-electron chi connectivity index (χ4n) is 4.39. The smallest absolute Gasteiger partial charge is 0.173 e. The molecule has 2 aromatic rings. The average Bonchev–Trinajstić information content (AvgIpc) is 2.80. The molecule has 5 nitrogen and oxygen atoms in total. The monoisotopic (exact) mass is 450 g/mol. The zero-order valence-corrected chi connectivity index (χ0v) is 19.8. The van der Waals surface area contributed by atoms with Gasteiger partial charge in [-0.05, 0) is 61.7 Å². The lowest BCUT2D eigenvalue weighted by molar-refractivity contribution is -0.116. The summed E-state index contributed by atoms with van der Waals surface area (Å²) in [6.45, 7) is 5.45. The Morgan fingerprint density at radius 2 is 1.91 bits per heavy atom. The average molecular weight is 451 g/mol. The van der Waals surface area contributed by atoms with Crippen LogP contribution in [0.2, 0.25) is 0 Å². The van der Waals surface area contributed by atoms with Crippen molar-refractivity contribution in [2.24, 2.45) is 0 Å². The van der Waals surface area contributed by atoms with Gasteiger partial charge in [0, 0.05) is 24.2 Å². The summed E-state index contributed by atoms with van der Waals surface area (Å²) >= 11 is 5.70. The number of nitrogens with one attached hydrogen (secondary N) is 1. The molecule has 1 N–H and O–H groups in total. The highest BCUT2D eigenvalue weighted by Gasteiger charge is 2.37. The third-order valence-electron chi connectivity index (χ3n) is 6.04. The summed E-state index contributed by atoms with van der Waals surface area (Å²) < 4.78 is 11.7. The number of ketones is 1. The first-order chi connectivity index (χ1) is 15.5. The Bertz CT molecular complexity index is 1050. The largest absolute Gasteiger partial charge is 0.493 e. The molecule has 1 aliphatic carbocycles. The Kier molecular flexibility index (Phi) is 6.80. The van der Waals surface area contributed by atoms with Crippen LogP contribution in [0.5, 0.6) is 11.5 Å². The van der Waals surface area contributed by atoms with E-state index in [4.69, 9.17) is 21.7 Å². The maximum Gasteiger partial charge on any atom is 0.173 e. The van der Waals surface area contributed by atoms with E-state index in [-0.39, 0.29) is 11.8 Å². The van der Waals surface area contributed by atoms with Crippen LogP contribution in [0.4, 0.5) is 0 Å². The van der Waals surface area contributed by atoms with Crippen LogP contribution in [0, 0.1) is 6.92 Å². The number of carbonyl (C=O) groups is 1. The number of allylic oxidation sites excluding steroid dienone is 1. The first-order valence-electron chi connectivity index (χ1n) is 11.2. The predicted octanol–water partition coefficient (Wildman–Crippen LogP) is 5.23. The van der Waals surface area contributed by atoms with Gasteiger partial charge in [0.05, 0.1) is 13.2 Å². The molecule has 168 valence electrons. The van der Waals surface area contributed by atoms with Crippen LogP contribution in [-0.2, 0) is 11.4 Å². The highest BCUT2D eigenvalue weighted by molar-refractivity contribution is 7.80. The molecule has 1 unspecified atom stereocenters. The summed E-state index contributed by atoms with van der Waals surface area (Å²) in [5.41, 5.74) is 5.17. The number of ether oxygens (including phenoxy) is 2. The summed E-state index contributed by atoms with van der Waals surface area (Å²) in [5.74, 6) is 1.51. The van der Waals surface area contributed by atoms with Gasteiger partial charge in [-0.3, -0.25) is 4.79 Å². The molecule has 1 heterocycles. The van der Waals surface area contributed by atoms with E-state index in [0.29, 0.717) is 29.6 Å². The van der Waals surface area contributed by atoms with Gasteiger partial charge < -0.3 is 19.7 Å². The van der Waals surface area contributed by atoms with Gasteiger partial charge in [-0.25, -0.2) is 0 Å². The molecule has 2 aromatic carbocycles. The van der Waals surface area contributed by atoms with Crippen LogP contribution >= 0.6 is 12.2 Å². The lowest BCUT2D eigenvalue weighted by Gasteiger charge is -2.41. The summed E-state index contributed by atoms with van der Waals surface area (Å²) in [7, 11) is 1.63. The van der Waals surface area contributed by atoms with E-state index >= 15 is 0 Å². The summed E-state index contributed by atoms with van der Waals surface area (Å²) in [6, 6.07) is 13.9. The highest BCUT2D eigenvalue weighted by atomic mass is 32.1. The number of thiocarbonyl (C=S) groups is 1. The van der Waals surface area contributed by atoms with Crippen molar-refractivity contribution in [2.75, 3.05) is 13.7 Å². The lowest BCUT2D eigenvalue weighted by atomic mass is 9.84. The first-order valence-corrected chi connectivity index (χ1v) is 11.6. The number of hydrogen-bond donors (Lipinski definition) is 1. The lowest BCUT2D eigenvalue weighted by Crippen LogP contribution is -2.49. The van der Waals surface area contributed by atoms with Gasteiger partial charge in [-0.2, -0.15) is 0 Å². The van der Waals surface area contributed by atoms with Crippen LogP contribution in [-0.4, -0.2) is 29.5 Å². The summed E-state index contributed by atoms with van der Waals surface area (Å²) in [4.78, 5) is 15.1. The number of methoxy groups -OCH3 is 1. The van der Waals surface area contributed by atoms with Crippen LogP contribution in [0.3, 0.4) is 0 Å². The Morgan fingerprint density at radius 1 is 1.12 bits per heavy atom. The zero-order chi connectivity index (χ0) is 22.7. The van der Waals surface area contributed by atoms with Crippen molar-refractivity contribution >= 4 is 23.1 Å². The van der Waals surface area contributed by atoms with E-state index in [1.54, 1.807) is 7.11 Å². The van der Waals surface area contributed by atoms with E-state index < -0.39 is 0 Å². The minimum atomic E-state index is -0.272. The number of carbonyl (C=O) groups excluding carboxylic acids is 1. The number of aryl methyl sites for hydroxylation is 1. The van der Waals surface area contributed by atoms with Gasteiger partial charge in [-0.15, -0.1) is 0 Å². The quantitative estimate of drug-likeness (QED) is 0.583. The molecule has 0 aromatic heterocycles. The third-order valence-corrected chi connectivity index (χ3v) is 6.38. The van der Waals surface area contributed by atoms with Crippen molar-refractivity contribution in [1.82, 2.24) is 10.2 Å². The molecule has 4 rings (SSSR count). The molecule has 0 radical (unpaired) electrons. The first kappa shape index (κ1) is 22.3. The molecule has 1 atom stereocenters. The van der Waals surface area contributed by atoms with Crippen molar-refractivity contribution in [3.63, 3.8) is 0 Å². The number of Topliss-reactive ketones (excluding diaryl/α,β-unsaturated/α-hetero) is 1. The minimum Gasteiger partial charge on any atom is -0.493 e. The molecule has 6 heteroatoms. The molecular formula is C26H30N2O3S. The van der Waals surface area contributed by atoms with Crippen molar-refractivity contribution in [3.8, 4) is 11.5 Å². The Labute approximate surface area is 195 Å².